The number of thioether (sulfide) groups is 2. The SMILES string of the molecule is COc1ccc(C(CC(=O)c2cccc(N(C)c3ccc(C(CC(=O)c4ccccc4)SCCO)cc3)c2)SCCO)cc1. The number of aliphatic hydroxyl groups excluding tert-OH is 2. The van der Waals surface area contributed by atoms with Gasteiger partial charge >= 0.3 is 0 Å². The highest BCUT2D eigenvalue weighted by Crippen LogP contribution is 2.36. The van der Waals surface area contributed by atoms with E-state index in [2.05, 4.69) is 0 Å². The number of methoxy groups -OCH3 is 1. The standard InChI is InChI=1S/C36H39NO5S2/c1-37(30-15-11-27(12-16-30)35(43-21-19-38)24-33(40)26-7-4-3-5-8-26)31-10-6-9-29(23-31)34(41)25-36(44-22-20-39)28-13-17-32(42-2)18-14-28/h3-18,23,35-36,38-39H,19-22,24-25H2,1-2H3. The highest BCUT2D eigenvalue weighted by molar-refractivity contribution is 7.99. The quantitative estimate of drug-likeness (QED) is 0.116. The number of rotatable bonds is 17. The maximum atomic E-state index is 13.5. The van der Waals surface area contributed by atoms with E-state index in [1.54, 1.807) is 30.6 Å². The van der Waals surface area contributed by atoms with Gasteiger partial charge in [-0.3, -0.25) is 9.59 Å². The number of hydrogen-bond acceptors (Lipinski definition) is 8. The van der Waals surface area contributed by atoms with Crippen molar-refractivity contribution in [3.05, 3.63) is 125 Å². The molecule has 8 heteroatoms. The van der Waals surface area contributed by atoms with E-state index < -0.39 is 0 Å². The lowest BCUT2D eigenvalue weighted by Crippen LogP contribution is -2.12. The van der Waals surface area contributed by atoms with Crippen molar-refractivity contribution in [1.29, 1.82) is 0 Å². The van der Waals surface area contributed by atoms with Gasteiger partial charge in [0, 0.05) is 64.4 Å². The molecular weight excluding hydrogens is 591 g/mol. The molecule has 0 radical (unpaired) electrons. The van der Waals surface area contributed by atoms with Crippen LogP contribution in [0.15, 0.2) is 103 Å². The van der Waals surface area contributed by atoms with Crippen molar-refractivity contribution in [3.8, 4) is 5.75 Å². The molecule has 0 spiro atoms. The van der Waals surface area contributed by atoms with Crippen LogP contribution in [0.1, 0.15) is 55.2 Å². The molecule has 2 atom stereocenters. The fraction of sp³-hybridized carbons (Fsp3) is 0.278. The minimum absolute atomic E-state index is 0.0358. The summed E-state index contributed by atoms with van der Waals surface area (Å²) in [6, 6.07) is 32.8. The van der Waals surface area contributed by atoms with Gasteiger partial charge in [0.25, 0.3) is 0 Å². The largest absolute Gasteiger partial charge is 0.497 e. The van der Waals surface area contributed by atoms with Crippen LogP contribution in [0.5, 0.6) is 5.75 Å². The van der Waals surface area contributed by atoms with E-state index in [0.29, 0.717) is 35.5 Å². The Morgan fingerprint density at radius 3 is 1.75 bits per heavy atom. The molecule has 4 aromatic carbocycles. The molecule has 0 saturated heterocycles. The van der Waals surface area contributed by atoms with Crippen molar-refractivity contribution in [1.82, 2.24) is 0 Å². The first-order valence-corrected chi connectivity index (χ1v) is 16.7. The normalized spacial score (nSPS) is 12.4. The molecule has 0 amide bonds. The summed E-state index contributed by atoms with van der Waals surface area (Å²) in [7, 11) is 3.59. The third-order valence-corrected chi connectivity index (χ3v) is 9.87. The van der Waals surface area contributed by atoms with Gasteiger partial charge in [-0.05, 0) is 47.5 Å². The average molecular weight is 630 g/mol. The number of anilines is 2. The Morgan fingerprint density at radius 1 is 0.682 bits per heavy atom. The van der Waals surface area contributed by atoms with E-state index in [0.717, 1.165) is 28.3 Å². The van der Waals surface area contributed by atoms with Crippen molar-refractivity contribution < 1.29 is 24.5 Å². The second kappa shape index (κ2) is 17.1. The van der Waals surface area contributed by atoms with Gasteiger partial charge in [-0.2, -0.15) is 23.5 Å². The van der Waals surface area contributed by atoms with Gasteiger partial charge in [0.1, 0.15) is 5.75 Å². The van der Waals surface area contributed by atoms with Crippen LogP contribution in [-0.4, -0.2) is 60.7 Å². The topological polar surface area (TPSA) is 87.1 Å². The Labute approximate surface area is 268 Å². The van der Waals surface area contributed by atoms with Crippen LogP contribution in [0.3, 0.4) is 0 Å². The first kappa shape index (κ1) is 33.3. The third-order valence-electron chi connectivity index (χ3n) is 7.35. The van der Waals surface area contributed by atoms with E-state index >= 15 is 0 Å². The number of benzene rings is 4. The molecule has 2 N–H and O–H groups in total. The van der Waals surface area contributed by atoms with Gasteiger partial charge in [0.2, 0.25) is 0 Å². The fourth-order valence-electron chi connectivity index (χ4n) is 4.90. The lowest BCUT2D eigenvalue weighted by molar-refractivity contribution is 0.0974. The van der Waals surface area contributed by atoms with E-state index in [1.807, 2.05) is 115 Å². The maximum Gasteiger partial charge on any atom is 0.164 e. The Balaban J connectivity index is 1.47. The second-order valence-corrected chi connectivity index (χ2v) is 12.9. The lowest BCUT2D eigenvalue weighted by atomic mass is 10.0. The molecule has 0 bridgehead atoms. The van der Waals surface area contributed by atoms with Gasteiger partial charge in [-0.25, -0.2) is 0 Å². The first-order chi connectivity index (χ1) is 21.4. The van der Waals surface area contributed by atoms with Crippen LogP contribution in [0.4, 0.5) is 11.4 Å². The first-order valence-electron chi connectivity index (χ1n) is 14.6. The number of ketones is 2. The summed E-state index contributed by atoms with van der Waals surface area (Å²) in [6.45, 7) is 0.103. The number of carbonyl (C=O) groups excluding carboxylic acids is 2. The summed E-state index contributed by atoms with van der Waals surface area (Å²) >= 11 is 3.15. The van der Waals surface area contributed by atoms with Crippen molar-refractivity contribution in [3.63, 3.8) is 0 Å². The average Bonchev–Trinajstić information content (AvgIpc) is 3.08. The van der Waals surface area contributed by atoms with Gasteiger partial charge in [-0.1, -0.05) is 66.7 Å². The van der Waals surface area contributed by atoms with Gasteiger partial charge in [0.05, 0.1) is 20.3 Å². The van der Waals surface area contributed by atoms with Crippen LogP contribution in [0.25, 0.3) is 0 Å². The van der Waals surface area contributed by atoms with E-state index in [1.165, 1.54) is 0 Å². The molecule has 0 aliphatic rings. The second-order valence-electron chi connectivity index (χ2n) is 10.3. The van der Waals surface area contributed by atoms with Crippen molar-refractivity contribution >= 4 is 46.5 Å². The van der Waals surface area contributed by atoms with Crippen LogP contribution < -0.4 is 9.64 Å². The zero-order valence-corrected chi connectivity index (χ0v) is 26.7. The molecule has 0 heterocycles. The minimum Gasteiger partial charge on any atom is -0.497 e. The number of carbonyl (C=O) groups is 2. The Bertz CT molecular complexity index is 1480. The van der Waals surface area contributed by atoms with E-state index in [9.17, 15) is 19.8 Å². The van der Waals surface area contributed by atoms with E-state index in [-0.39, 0.29) is 35.3 Å². The summed E-state index contributed by atoms with van der Waals surface area (Å²) in [5.41, 5.74) is 5.21. The maximum absolute atomic E-state index is 13.5. The van der Waals surface area contributed by atoms with Crippen LogP contribution in [0.2, 0.25) is 0 Å². The predicted octanol–water partition coefficient (Wildman–Crippen LogP) is 7.54. The van der Waals surface area contributed by atoms with Crippen molar-refractivity contribution in [2.45, 2.75) is 23.3 Å². The Hall–Kier alpha value is -3.56. The van der Waals surface area contributed by atoms with E-state index in [4.69, 9.17) is 4.74 Å². The summed E-state index contributed by atoms with van der Waals surface area (Å²) in [6.07, 6.45) is 0.662. The van der Waals surface area contributed by atoms with Crippen molar-refractivity contribution in [2.75, 3.05) is 43.8 Å². The summed E-state index contributed by atoms with van der Waals surface area (Å²) in [4.78, 5) is 28.4. The number of Topliss-reactive ketones (excluding diaryl/α,β-unsaturated/α-hetero) is 2. The van der Waals surface area contributed by atoms with Gasteiger partial charge in [0.15, 0.2) is 11.6 Å². The smallest absolute Gasteiger partial charge is 0.164 e. The Morgan fingerprint density at radius 2 is 1.20 bits per heavy atom. The third kappa shape index (κ3) is 9.22. The molecule has 0 fully saturated rings. The van der Waals surface area contributed by atoms with Crippen LogP contribution >= 0.6 is 23.5 Å². The minimum atomic E-state index is -0.0834. The molecule has 230 valence electrons. The molecule has 2 unspecified atom stereocenters. The van der Waals surface area contributed by atoms with Gasteiger partial charge < -0.3 is 19.8 Å². The summed E-state index contributed by atoms with van der Waals surface area (Å²) in [5, 5.41) is 18.7. The zero-order chi connectivity index (χ0) is 31.3. The van der Waals surface area contributed by atoms with Crippen LogP contribution in [0, 0.1) is 0 Å². The molecular formula is C36H39NO5S2. The predicted molar refractivity (Wildman–Crippen MR) is 183 cm³/mol. The number of ether oxygens (including phenoxy) is 1. The molecule has 0 aliphatic heterocycles. The summed E-state index contributed by atoms with van der Waals surface area (Å²) < 4.78 is 5.28. The zero-order valence-electron chi connectivity index (χ0n) is 25.1. The molecule has 0 aromatic heterocycles. The molecule has 4 aromatic rings. The highest BCUT2D eigenvalue weighted by atomic mass is 32.2. The molecule has 4 rings (SSSR count). The Kier molecular flexibility index (Phi) is 12.9. The lowest BCUT2D eigenvalue weighted by Gasteiger charge is -2.22. The van der Waals surface area contributed by atoms with Gasteiger partial charge in [-0.15, -0.1) is 0 Å². The number of aliphatic hydroxyl groups is 2. The monoisotopic (exact) mass is 629 g/mol. The molecule has 0 saturated carbocycles. The molecule has 0 aliphatic carbocycles. The van der Waals surface area contributed by atoms with Crippen molar-refractivity contribution in [2.24, 2.45) is 0 Å². The number of nitrogens with zero attached hydrogens (tertiary/aromatic N) is 1. The molecule has 6 nitrogen and oxygen atoms in total. The molecule has 44 heavy (non-hydrogen) atoms. The van der Waals surface area contributed by atoms with Crippen LogP contribution in [-0.2, 0) is 0 Å². The highest BCUT2D eigenvalue weighted by Gasteiger charge is 2.20. The fourth-order valence-corrected chi connectivity index (χ4v) is 6.92. The number of hydrogen-bond donors (Lipinski definition) is 2. The summed E-state index contributed by atoms with van der Waals surface area (Å²) in [5.74, 6) is 1.96.